The Kier molecular flexibility index (Phi) is 4.79. The number of rotatable bonds is 3. The van der Waals surface area contributed by atoms with E-state index in [1.165, 1.54) is 11.8 Å². The van der Waals surface area contributed by atoms with Crippen LogP contribution in [0, 0.1) is 0 Å². The van der Waals surface area contributed by atoms with E-state index < -0.39 is 0 Å². The highest BCUT2D eigenvalue weighted by Crippen LogP contribution is 2.34. The van der Waals surface area contributed by atoms with E-state index in [0.29, 0.717) is 10.2 Å². The van der Waals surface area contributed by atoms with Crippen LogP contribution in [0.25, 0.3) is 0 Å². The average Bonchev–Trinajstić information content (AvgIpc) is 2.95. The number of halogens is 1. The number of nitrogens with zero attached hydrogens (tertiary/aromatic N) is 2. The Balaban J connectivity index is 1.75. The summed E-state index contributed by atoms with van der Waals surface area (Å²) in [7, 11) is 0. The first-order valence-corrected chi connectivity index (χ1v) is 8.30. The molecule has 6 heteroatoms. The molecule has 0 bridgehead atoms. The number of hydrogen-bond donors (Lipinski definition) is 1. The Morgan fingerprint density at radius 3 is 2.52 bits per heavy atom. The highest BCUT2D eigenvalue weighted by atomic mass is 35.5. The van der Waals surface area contributed by atoms with E-state index in [4.69, 9.17) is 11.6 Å². The highest BCUT2D eigenvalue weighted by Gasteiger charge is 2.31. The van der Waals surface area contributed by atoms with Gasteiger partial charge in [-0.1, -0.05) is 65.8 Å². The van der Waals surface area contributed by atoms with Gasteiger partial charge in [0.15, 0.2) is 5.17 Å². The Hall–Kier alpha value is -2.11. The van der Waals surface area contributed by atoms with Crippen LogP contribution in [0.2, 0.25) is 5.02 Å². The summed E-state index contributed by atoms with van der Waals surface area (Å²) in [6, 6.07) is 17.0. The highest BCUT2D eigenvalue weighted by molar-refractivity contribution is 8.15. The van der Waals surface area contributed by atoms with E-state index in [2.05, 4.69) is 15.5 Å². The molecular formula is C17H14ClN3OS. The topological polar surface area (TPSA) is 53.8 Å². The van der Waals surface area contributed by atoms with E-state index in [1.807, 2.05) is 49.4 Å². The first-order chi connectivity index (χ1) is 11.1. The van der Waals surface area contributed by atoms with Gasteiger partial charge in [-0.3, -0.25) is 4.79 Å². The molecule has 1 amide bonds. The summed E-state index contributed by atoms with van der Waals surface area (Å²) in [5, 5.41) is 12.0. The maximum atomic E-state index is 12.1. The number of amidine groups is 1. The average molecular weight is 344 g/mol. The van der Waals surface area contributed by atoms with Crippen molar-refractivity contribution < 1.29 is 4.79 Å². The van der Waals surface area contributed by atoms with Crippen LogP contribution in [-0.4, -0.2) is 16.8 Å². The molecule has 1 N–H and O–H groups in total. The lowest BCUT2D eigenvalue weighted by Crippen LogP contribution is -2.21. The van der Waals surface area contributed by atoms with Gasteiger partial charge in [0.05, 0.1) is 5.71 Å². The zero-order chi connectivity index (χ0) is 16.2. The number of benzene rings is 2. The van der Waals surface area contributed by atoms with Gasteiger partial charge in [0.1, 0.15) is 5.25 Å². The van der Waals surface area contributed by atoms with Gasteiger partial charge in [0.25, 0.3) is 0 Å². The predicted molar refractivity (Wildman–Crippen MR) is 96.0 cm³/mol. The first-order valence-electron chi connectivity index (χ1n) is 7.04. The van der Waals surface area contributed by atoms with Crippen LogP contribution in [-0.2, 0) is 4.79 Å². The third-order valence-corrected chi connectivity index (χ3v) is 4.73. The molecular weight excluding hydrogens is 330 g/mol. The molecule has 3 rings (SSSR count). The molecule has 23 heavy (non-hydrogen) atoms. The molecule has 2 aromatic carbocycles. The third kappa shape index (κ3) is 3.81. The van der Waals surface area contributed by atoms with Crippen LogP contribution < -0.4 is 5.32 Å². The molecule has 0 aliphatic carbocycles. The van der Waals surface area contributed by atoms with Crippen LogP contribution in [0.15, 0.2) is 64.8 Å². The summed E-state index contributed by atoms with van der Waals surface area (Å²) in [5.41, 5.74) is 2.65. The first kappa shape index (κ1) is 15.8. The van der Waals surface area contributed by atoms with Crippen LogP contribution in [0.5, 0.6) is 0 Å². The molecule has 0 radical (unpaired) electrons. The number of carbonyl (C=O) groups is 1. The second kappa shape index (κ2) is 6.98. The fourth-order valence-corrected chi connectivity index (χ4v) is 3.19. The Morgan fingerprint density at radius 2 is 1.83 bits per heavy atom. The van der Waals surface area contributed by atoms with Gasteiger partial charge in [-0.2, -0.15) is 5.10 Å². The summed E-state index contributed by atoms with van der Waals surface area (Å²) >= 11 is 7.24. The van der Waals surface area contributed by atoms with E-state index in [-0.39, 0.29) is 11.2 Å². The van der Waals surface area contributed by atoms with Gasteiger partial charge in [-0.15, -0.1) is 5.10 Å². The zero-order valence-corrected chi connectivity index (χ0v) is 13.9. The van der Waals surface area contributed by atoms with E-state index in [1.54, 1.807) is 12.1 Å². The lowest BCUT2D eigenvalue weighted by molar-refractivity contribution is -0.118. The van der Waals surface area contributed by atoms with Crippen molar-refractivity contribution in [1.82, 2.24) is 5.32 Å². The summed E-state index contributed by atoms with van der Waals surface area (Å²) in [4.78, 5) is 12.1. The van der Waals surface area contributed by atoms with Crippen LogP contribution >= 0.6 is 23.4 Å². The summed E-state index contributed by atoms with van der Waals surface area (Å²) in [6.07, 6.45) is 0. The van der Waals surface area contributed by atoms with Gasteiger partial charge in [-0.05, 0) is 30.2 Å². The van der Waals surface area contributed by atoms with Crippen molar-refractivity contribution in [3.63, 3.8) is 0 Å². The minimum Gasteiger partial charge on any atom is -0.302 e. The van der Waals surface area contributed by atoms with Gasteiger partial charge in [0.2, 0.25) is 5.91 Å². The third-order valence-electron chi connectivity index (χ3n) is 3.35. The van der Waals surface area contributed by atoms with Gasteiger partial charge in [-0.25, -0.2) is 0 Å². The Bertz CT molecular complexity index is 772. The molecule has 1 atom stereocenters. The predicted octanol–water partition coefficient (Wildman–Crippen LogP) is 4.02. The van der Waals surface area contributed by atoms with Crippen molar-refractivity contribution in [2.45, 2.75) is 12.2 Å². The van der Waals surface area contributed by atoms with Crippen LogP contribution in [0.4, 0.5) is 0 Å². The maximum Gasteiger partial charge on any atom is 0.244 e. The summed E-state index contributed by atoms with van der Waals surface area (Å²) < 4.78 is 0. The Morgan fingerprint density at radius 1 is 1.13 bits per heavy atom. The number of thioether (sulfide) groups is 1. The van der Waals surface area contributed by atoms with E-state index in [0.717, 1.165) is 16.8 Å². The van der Waals surface area contributed by atoms with Crippen molar-refractivity contribution in [3.05, 3.63) is 70.7 Å². The molecule has 1 saturated heterocycles. The zero-order valence-electron chi connectivity index (χ0n) is 12.4. The second-order valence-corrected chi connectivity index (χ2v) is 6.53. The summed E-state index contributed by atoms with van der Waals surface area (Å²) in [6.45, 7) is 1.86. The largest absolute Gasteiger partial charge is 0.302 e. The number of amides is 1. The number of carbonyl (C=O) groups excluding carboxylic acids is 1. The van der Waals surface area contributed by atoms with Crippen molar-refractivity contribution in [3.8, 4) is 0 Å². The lowest BCUT2D eigenvalue weighted by atomic mass is 10.1. The van der Waals surface area contributed by atoms with E-state index in [9.17, 15) is 4.79 Å². The molecule has 0 saturated carbocycles. The number of hydrogen-bond acceptors (Lipinski definition) is 4. The molecule has 0 aromatic heterocycles. The van der Waals surface area contributed by atoms with Crippen molar-refractivity contribution in [1.29, 1.82) is 0 Å². The van der Waals surface area contributed by atoms with E-state index >= 15 is 0 Å². The Labute approximate surface area is 143 Å². The fraction of sp³-hybridized carbons (Fsp3) is 0.118. The molecule has 4 nitrogen and oxygen atoms in total. The molecule has 1 unspecified atom stereocenters. The SMILES string of the molecule is C/C(=N/N=C1\NC(=O)C(c2ccccc2)S1)c1ccc(Cl)cc1. The molecule has 1 fully saturated rings. The smallest absolute Gasteiger partial charge is 0.244 e. The van der Waals surface area contributed by atoms with Crippen molar-refractivity contribution in [2.75, 3.05) is 0 Å². The van der Waals surface area contributed by atoms with Crippen molar-refractivity contribution >= 4 is 40.1 Å². The van der Waals surface area contributed by atoms with Crippen LogP contribution in [0.1, 0.15) is 23.3 Å². The summed E-state index contributed by atoms with van der Waals surface area (Å²) in [5.74, 6) is -0.0701. The molecule has 0 spiro atoms. The normalized spacial score (nSPS) is 19.9. The number of nitrogens with one attached hydrogen (secondary N) is 1. The molecule has 1 aliphatic rings. The van der Waals surface area contributed by atoms with Gasteiger partial charge >= 0.3 is 0 Å². The minimum atomic E-state index is -0.277. The van der Waals surface area contributed by atoms with Gasteiger partial charge < -0.3 is 5.32 Å². The van der Waals surface area contributed by atoms with Crippen LogP contribution in [0.3, 0.4) is 0 Å². The minimum absolute atomic E-state index is 0.0701. The molecule has 1 heterocycles. The molecule has 1 aliphatic heterocycles. The van der Waals surface area contributed by atoms with Crippen molar-refractivity contribution in [2.24, 2.45) is 10.2 Å². The maximum absolute atomic E-state index is 12.1. The fourth-order valence-electron chi connectivity index (χ4n) is 2.13. The van der Waals surface area contributed by atoms with Gasteiger partial charge in [0, 0.05) is 5.02 Å². The quantitative estimate of drug-likeness (QED) is 0.676. The molecule has 116 valence electrons. The monoisotopic (exact) mass is 343 g/mol. The standard InChI is InChI=1S/C17H14ClN3OS/c1-11(12-7-9-14(18)10-8-12)20-21-17-19-16(22)15(23-17)13-5-3-2-4-6-13/h2-10,15H,1H3,(H,19,21,22)/b20-11-. The molecule has 2 aromatic rings. The lowest BCUT2D eigenvalue weighted by Gasteiger charge is -2.03. The second-order valence-electron chi connectivity index (χ2n) is 5.00.